The number of para-hydroxylation sites is 1. The highest BCUT2D eigenvalue weighted by molar-refractivity contribution is 6.07. The smallest absolute Gasteiger partial charge is 0.387 e. The highest BCUT2D eigenvalue weighted by Gasteiger charge is 2.14. The molecule has 130 valence electrons. The van der Waals surface area contributed by atoms with Crippen molar-refractivity contribution in [1.82, 2.24) is 0 Å². The number of ketones is 1. The number of alkyl halides is 2. The Morgan fingerprint density at radius 1 is 1.20 bits per heavy atom. The summed E-state index contributed by atoms with van der Waals surface area (Å²) in [5.74, 6) is -0.529. The van der Waals surface area contributed by atoms with Crippen molar-refractivity contribution in [2.24, 2.45) is 0 Å². The van der Waals surface area contributed by atoms with E-state index in [1.807, 2.05) is 0 Å². The van der Waals surface area contributed by atoms with Gasteiger partial charge in [0, 0.05) is 23.3 Å². The third-order valence-electron chi connectivity index (χ3n) is 3.21. The van der Waals surface area contributed by atoms with Crippen molar-refractivity contribution < 1.29 is 28.0 Å². The fourth-order valence-corrected chi connectivity index (χ4v) is 2.05. The van der Waals surface area contributed by atoms with Crippen molar-refractivity contribution in [2.45, 2.75) is 6.61 Å². The average molecular weight is 349 g/mol. The summed E-state index contributed by atoms with van der Waals surface area (Å²) in [6.45, 7) is -3.05. The first kappa shape index (κ1) is 18.1. The van der Waals surface area contributed by atoms with Crippen molar-refractivity contribution >= 4 is 17.5 Å². The Balaban J connectivity index is 2.26. The number of nitro groups is 1. The molecule has 0 unspecified atom stereocenters. The molecule has 0 aliphatic heterocycles. The van der Waals surface area contributed by atoms with Gasteiger partial charge in [-0.05, 0) is 30.4 Å². The average Bonchev–Trinajstić information content (AvgIpc) is 2.60. The predicted octanol–water partition coefficient (Wildman–Crippen LogP) is 4.10. The van der Waals surface area contributed by atoms with Crippen molar-refractivity contribution in [1.29, 1.82) is 0 Å². The van der Waals surface area contributed by atoms with Crippen LogP contribution in [0.2, 0.25) is 0 Å². The van der Waals surface area contributed by atoms with Crippen LogP contribution in [0.25, 0.3) is 6.08 Å². The molecule has 0 spiro atoms. The lowest BCUT2D eigenvalue weighted by atomic mass is 10.1. The van der Waals surface area contributed by atoms with Gasteiger partial charge >= 0.3 is 6.61 Å². The molecule has 8 heteroatoms. The SMILES string of the molecule is COc1cccc(/C=C/C(=O)c2ccc([N+](=O)[O-])cc2)c1OC(F)F. The number of nitro benzene ring substituents is 1. The lowest BCUT2D eigenvalue weighted by Gasteiger charge is -2.12. The minimum atomic E-state index is -3.05. The van der Waals surface area contributed by atoms with Crippen LogP contribution in [0.1, 0.15) is 15.9 Å². The van der Waals surface area contributed by atoms with Gasteiger partial charge in [-0.25, -0.2) is 0 Å². The van der Waals surface area contributed by atoms with Gasteiger partial charge in [-0.15, -0.1) is 0 Å². The Kier molecular flexibility index (Phi) is 5.78. The number of rotatable bonds is 7. The first-order valence-electron chi connectivity index (χ1n) is 7.01. The van der Waals surface area contributed by atoms with Crippen LogP contribution in [0.4, 0.5) is 14.5 Å². The summed E-state index contributed by atoms with van der Waals surface area (Å²) in [4.78, 5) is 22.1. The number of hydrogen-bond donors (Lipinski definition) is 0. The van der Waals surface area contributed by atoms with Crippen LogP contribution >= 0.6 is 0 Å². The molecule has 0 N–H and O–H groups in total. The van der Waals surface area contributed by atoms with E-state index in [-0.39, 0.29) is 28.3 Å². The fourth-order valence-electron chi connectivity index (χ4n) is 2.05. The largest absolute Gasteiger partial charge is 0.493 e. The molecule has 2 rings (SSSR count). The standard InChI is InChI=1S/C17H13F2NO5/c1-24-15-4-2-3-12(16(15)25-17(18)19)7-10-14(21)11-5-8-13(9-6-11)20(22)23/h2-10,17H,1H3/b10-7+. The topological polar surface area (TPSA) is 78.7 Å². The second-order valence-electron chi connectivity index (χ2n) is 4.76. The van der Waals surface area contributed by atoms with Crippen molar-refractivity contribution in [3.05, 3.63) is 69.8 Å². The first-order chi connectivity index (χ1) is 11.9. The number of carbonyl (C=O) groups is 1. The normalized spacial score (nSPS) is 10.9. The highest BCUT2D eigenvalue weighted by Crippen LogP contribution is 2.33. The van der Waals surface area contributed by atoms with Crippen molar-refractivity contribution in [3.8, 4) is 11.5 Å². The number of benzene rings is 2. The maximum absolute atomic E-state index is 12.6. The number of allylic oxidation sites excluding steroid dienone is 1. The molecule has 0 saturated carbocycles. The van der Waals surface area contributed by atoms with E-state index in [0.29, 0.717) is 0 Å². The van der Waals surface area contributed by atoms with Crippen LogP contribution in [-0.2, 0) is 0 Å². The fraction of sp³-hybridized carbons (Fsp3) is 0.118. The van der Waals surface area contributed by atoms with Gasteiger partial charge in [-0.3, -0.25) is 14.9 Å². The Labute approximate surface area is 141 Å². The summed E-state index contributed by atoms with van der Waals surface area (Å²) in [6.07, 6.45) is 2.47. The second kappa shape index (κ2) is 8.00. The number of methoxy groups -OCH3 is 1. The maximum Gasteiger partial charge on any atom is 0.387 e. The van der Waals surface area contributed by atoms with Gasteiger partial charge in [-0.2, -0.15) is 8.78 Å². The van der Waals surface area contributed by atoms with Gasteiger partial charge in [0.05, 0.1) is 12.0 Å². The summed E-state index contributed by atoms with van der Waals surface area (Å²) in [7, 11) is 1.31. The summed E-state index contributed by atoms with van der Waals surface area (Å²) in [6, 6.07) is 9.54. The number of carbonyl (C=O) groups excluding carboxylic acids is 1. The maximum atomic E-state index is 12.6. The minimum absolute atomic E-state index is 0.102. The molecule has 0 bridgehead atoms. The van der Waals surface area contributed by atoms with Crippen LogP contribution < -0.4 is 9.47 Å². The molecule has 25 heavy (non-hydrogen) atoms. The zero-order valence-electron chi connectivity index (χ0n) is 13.0. The van der Waals surface area contributed by atoms with E-state index in [4.69, 9.17) is 4.74 Å². The van der Waals surface area contributed by atoms with E-state index in [2.05, 4.69) is 4.74 Å². The summed E-state index contributed by atoms with van der Waals surface area (Å²) >= 11 is 0. The second-order valence-corrected chi connectivity index (χ2v) is 4.76. The third kappa shape index (κ3) is 4.60. The first-order valence-corrected chi connectivity index (χ1v) is 7.01. The predicted molar refractivity (Wildman–Crippen MR) is 86.1 cm³/mol. The van der Waals surface area contributed by atoms with E-state index in [1.54, 1.807) is 6.07 Å². The van der Waals surface area contributed by atoms with E-state index in [1.165, 1.54) is 49.6 Å². The third-order valence-corrected chi connectivity index (χ3v) is 3.21. The molecule has 2 aromatic rings. The zero-order valence-corrected chi connectivity index (χ0v) is 13.0. The quantitative estimate of drug-likeness (QED) is 0.325. The number of halogens is 2. The lowest BCUT2D eigenvalue weighted by Crippen LogP contribution is -2.05. The summed E-state index contributed by atoms with van der Waals surface area (Å²) in [5.41, 5.74) is 0.317. The molecule has 0 amide bonds. The molecule has 0 aromatic heterocycles. The van der Waals surface area contributed by atoms with Gasteiger partial charge in [-0.1, -0.05) is 12.1 Å². The minimum Gasteiger partial charge on any atom is -0.493 e. The zero-order chi connectivity index (χ0) is 18.4. The number of non-ortho nitro benzene ring substituents is 1. The Morgan fingerprint density at radius 2 is 1.88 bits per heavy atom. The van der Waals surface area contributed by atoms with Crippen molar-refractivity contribution in [2.75, 3.05) is 7.11 Å². The molecule has 6 nitrogen and oxygen atoms in total. The monoisotopic (exact) mass is 349 g/mol. The molecule has 0 saturated heterocycles. The van der Waals surface area contributed by atoms with E-state index in [9.17, 15) is 23.7 Å². The molecule has 0 heterocycles. The van der Waals surface area contributed by atoms with Gasteiger partial charge in [0.2, 0.25) is 0 Å². The van der Waals surface area contributed by atoms with Crippen molar-refractivity contribution in [3.63, 3.8) is 0 Å². The molecule has 0 aliphatic rings. The van der Waals surface area contributed by atoms with Crippen LogP contribution in [0.5, 0.6) is 11.5 Å². The molecule has 0 fully saturated rings. The highest BCUT2D eigenvalue weighted by atomic mass is 19.3. The van der Waals surface area contributed by atoms with Gasteiger partial charge in [0.1, 0.15) is 0 Å². The van der Waals surface area contributed by atoms with Gasteiger partial charge in [0.15, 0.2) is 17.3 Å². The van der Waals surface area contributed by atoms with Crippen LogP contribution in [0.3, 0.4) is 0 Å². The molecular weight excluding hydrogens is 336 g/mol. The Morgan fingerprint density at radius 3 is 2.44 bits per heavy atom. The van der Waals surface area contributed by atoms with Gasteiger partial charge < -0.3 is 9.47 Å². The summed E-state index contributed by atoms with van der Waals surface area (Å²) < 4.78 is 34.5. The Hall–Kier alpha value is -3.29. The van der Waals surface area contributed by atoms with E-state index < -0.39 is 17.3 Å². The molecule has 2 aromatic carbocycles. The van der Waals surface area contributed by atoms with Crippen LogP contribution in [0.15, 0.2) is 48.5 Å². The van der Waals surface area contributed by atoms with E-state index in [0.717, 1.165) is 6.08 Å². The molecule has 0 aliphatic carbocycles. The molecular formula is C17H13F2NO5. The number of nitrogens with zero attached hydrogens (tertiary/aromatic N) is 1. The lowest BCUT2D eigenvalue weighted by molar-refractivity contribution is -0.384. The molecule has 0 radical (unpaired) electrons. The number of ether oxygens (including phenoxy) is 2. The summed E-state index contributed by atoms with van der Waals surface area (Å²) in [5, 5.41) is 10.6. The van der Waals surface area contributed by atoms with Gasteiger partial charge in [0.25, 0.3) is 5.69 Å². The Bertz CT molecular complexity index is 803. The molecule has 0 atom stereocenters. The number of hydrogen-bond acceptors (Lipinski definition) is 5. The van der Waals surface area contributed by atoms with Crippen LogP contribution in [0, 0.1) is 10.1 Å². The van der Waals surface area contributed by atoms with E-state index >= 15 is 0 Å². The van der Waals surface area contributed by atoms with Crippen LogP contribution in [-0.4, -0.2) is 24.4 Å².